The van der Waals surface area contributed by atoms with E-state index in [9.17, 15) is 5.11 Å². The second-order valence-corrected chi connectivity index (χ2v) is 3.84. The molecule has 0 saturated carbocycles. The lowest BCUT2D eigenvalue weighted by Gasteiger charge is -2.16. The van der Waals surface area contributed by atoms with Gasteiger partial charge < -0.3 is 14.6 Å². The van der Waals surface area contributed by atoms with Gasteiger partial charge in [0.25, 0.3) is 0 Å². The molecule has 18 heavy (non-hydrogen) atoms. The van der Waals surface area contributed by atoms with Gasteiger partial charge in [-0.25, -0.2) is 0 Å². The van der Waals surface area contributed by atoms with Gasteiger partial charge in [-0.2, -0.15) is 0 Å². The highest BCUT2D eigenvalue weighted by atomic mass is 16.5. The molecule has 0 aliphatic heterocycles. The number of aromatic nitrogens is 1. The standard InChI is InChI=1S/C14H15NO3/c1-10(16)14-12(17-2)6-3-7-13(14)18-11-5-4-8-15-9-11/h3-10,16H,1-2H3/t10-/m1/s1. The highest BCUT2D eigenvalue weighted by Crippen LogP contribution is 2.36. The lowest BCUT2D eigenvalue weighted by atomic mass is 10.1. The van der Waals surface area contributed by atoms with Crippen molar-refractivity contribution in [2.75, 3.05) is 7.11 Å². The molecule has 0 spiro atoms. The van der Waals surface area contributed by atoms with Crippen LogP contribution in [0.25, 0.3) is 0 Å². The Morgan fingerprint density at radius 1 is 1.17 bits per heavy atom. The van der Waals surface area contributed by atoms with E-state index < -0.39 is 6.10 Å². The smallest absolute Gasteiger partial charge is 0.145 e. The van der Waals surface area contributed by atoms with Gasteiger partial charge in [0.2, 0.25) is 0 Å². The van der Waals surface area contributed by atoms with Crippen LogP contribution in [0, 0.1) is 0 Å². The number of rotatable bonds is 4. The van der Waals surface area contributed by atoms with Crippen LogP contribution in [0.3, 0.4) is 0 Å². The second kappa shape index (κ2) is 5.51. The molecule has 4 nitrogen and oxygen atoms in total. The molecule has 1 N–H and O–H groups in total. The van der Waals surface area contributed by atoms with E-state index >= 15 is 0 Å². The molecule has 0 aliphatic carbocycles. The predicted molar refractivity (Wildman–Crippen MR) is 67.9 cm³/mol. The molecular formula is C14H15NO3. The number of pyridine rings is 1. The van der Waals surface area contributed by atoms with Crippen LogP contribution in [-0.2, 0) is 0 Å². The normalized spacial score (nSPS) is 11.9. The second-order valence-electron chi connectivity index (χ2n) is 3.84. The third-order valence-electron chi connectivity index (χ3n) is 2.53. The SMILES string of the molecule is COc1cccc(Oc2cccnc2)c1[C@@H](C)O. The van der Waals surface area contributed by atoms with Crippen LogP contribution < -0.4 is 9.47 Å². The van der Waals surface area contributed by atoms with Gasteiger partial charge >= 0.3 is 0 Å². The summed E-state index contributed by atoms with van der Waals surface area (Å²) in [5.74, 6) is 1.79. The minimum absolute atomic E-state index is 0.567. The van der Waals surface area contributed by atoms with Gasteiger partial charge in [0, 0.05) is 6.20 Å². The molecule has 2 aromatic rings. The third-order valence-corrected chi connectivity index (χ3v) is 2.53. The van der Waals surface area contributed by atoms with Crippen LogP contribution >= 0.6 is 0 Å². The highest BCUT2D eigenvalue weighted by Gasteiger charge is 2.15. The Labute approximate surface area is 106 Å². The van der Waals surface area contributed by atoms with Crippen LogP contribution in [0.2, 0.25) is 0 Å². The number of hydrogen-bond donors (Lipinski definition) is 1. The summed E-state index contributed by atoms with van der Waals surface area (Å²) >= 11 is 0. The number of benzene rings is 1. The van der Waals surface area contributed by atoms with Gasteiger partial charge in [-0.05, 0) is 31.2 Å². The van der Waals surface area contributed by atoms with Crippen LogP contribution in [-0.4, -0.2) is 17.2 Å². The first-order valence-electron chi connectivity index (χ1n) is 5.65. The van der Waals surface area contributed by atoms with Gasteiger partial charge in [0.1, 0.15) is 17.2 Å². The Bertz CT molecular complexity index is 512. The monoisotopic (exact) mass is 245 g/mol. The lowest BCUT2D eigenvalue weighted by molar-refractivity contribution is 0.190. The molecule has 1 heterocycles. The Morgan fingerprint density at radius 2 is 1.94 bits per heavy atom. The van der Waals surface area contributed by atoms with Gasteiger partial charge in [0.15, 0.2) is 0 Å². The van der Waals surface area contributed by atoms with Crippen molar-refractivity contribution in [1.82, 2.24) is 4.98 Å². The molecule has 1 aromatic heterocycles. The van der Waals surface area contributed by atoms with Crippen molar-refractivity contribution < 1.29 is 14.6 Å². The highest BCUT2D eigenvalue weighted by molar-refractivity contribution is 5.47. The maximum atomic E-state index is 9.82. The molecule has 1 aromatic carbocycles. The first-order chi connectivity index (χ1) is 8.72. The molecule has 4 heteroatoms. The zero-order valence-electron chi connectivity index (χ0n) is 10.3. The van der Waals surface area contributed by atoms with E-state index in [1.165, 1.54) is 0 Å². The van der Waals surface area contributed by atoms with E-state index in [-0.39, 0.29) is 0 Å². The maximum Gasteiger partial charge on any atom is 0.145 e. The van der Waals surface area contributed by atoms with E-state index in [2.05, 4.69) is 4.98 Å². The van der Waals surface area contributed by atoms with Crippen molar-refractivity contribution in [2.45, 2.75) is 13.0 Å². The summed E-state index contributed by atoms with van der Waals surface area (Å²) in [4.78, 5) is 3.98. The summed E-state index contributed by atoms with van der Waals surface area (Å²) < 4.78 is 10.9. The Balaban J connectivity index is 2.38. The average Bonchev–Trinajstić information content (AvgIpc) is 2.39. The van der Waals surface area contributed by atoms with Gasteiger partial charge in [-0.15, -0.1) is 0 Å². The van der Waals surface area contributed by atoms with E-state index in [0.29, 0.717) is 22.8 Å². The summed E-state index contributed by atoms with van der Waals surface area (Å²) in [7, 11) is 1.56. The van der Waals surface area contributed by atoms with Crippen molar-refractivity contribution in [3.63, 3.8) is 0 Å². The van der Waals surface area contributed by atoms with E-state index in [1.807, 2.05) is 6.07 Å². The van der Waals surface area contributed by atoms with Gasteiger partial charge in [-0.3, -0.25) is 4.98 Å². The van der Waals surface area contributed by atoms with Crippen LogP contribution in [0.15, 0.2) is 42.7 Å². The quantitative estimate of drug-likeness (QED) is 0.899. The zero-order chi connectivity index (χ0) is 13.0. The van der Waals surface area contributed by atoms with Crippen LogP contribution in [0.1, 0.15) is 18.6 Å². The first kappa shape index (κ1) is 12.4. The number of ether oxygens (including phenoxy) is 2. The summed E-state index contributed by atoms with van der Waals surface area (Å²) in [5, 5.41) is 9.82. The molecule has 94 valence electrons. The molecule has 0 radical (unpaired) electrons. The van der Waals surface area contributed by atoms with Crippen molar-refractivity contribution >= 4 is 0 Å². The number of nitrogens with zero attached hydrogens (tertiary/aromatic N) is 1. The summed E-state index contributed by atoms with van der Waals surface area (Å²) in [6.45, 7) is 1.67. The minimum atomic E-state index is -0.673. The lowest BCUT2D eigenvalue weighted by Crippen LogP contribution is -2.00. The Hall–Kier alpha value is -2.07. The molecule has 0 amide bonds. The molecule has 0 fully saturated rings. The van der Waals surface area contributed by atoms with E-state index in [1.54, 1.807) is 50.7 Å². The van der Waals surface area contributed by atoms with E-state index in [0.717, 1.165) is 0 Å². The predicted octanol–water partition coefficient (Wildman–Crippen LogP) is 2.94. The fourth-order valence-electron chi connectivity index (χ4n) is 1.74. The van der Waals surface area contributed by atoms with Gasteiger partial charge in [0.05, 0.1) is 25.0 Å². The summed E-state index contributed by atoms with van der Waals surface area (Å²) in [6.07, 6.45) is 2.62. The summed E-state index contributed by atoms with van der Waals surface area (Å²) in [5.41, 5.74) is 0.629. The maximum absolute atomic E-state index is 9.82. The number of methoxy groups -OCH3 is 1. The van der Waals surface area contributed by atoms with Crippen molar-refractivity contribution in [3.05, 3.63) is 48.3 Å². The molecule has 0 aliphatic rings. The molecule has 2 rings (SSSR count). The zero-order valence-corrected chi connectivity index (χ0v) is 10.3. The summed E-state index contributed by atoms with van der Waals surface area (Å²) in [6, 6.07) is 8.99. The Morgan fingerprint density at radius 3 is 2.56 bits per heavy atom. The number of aliphatic hydroxyl groups excluding tert-OH is 1. The van der Waals surface area contributed by atoms with Crippen LogP contribution in [0.5, 0.6) is 17.2 Å². The topological polar surface area (TPSA) is 51.6 Å². The van der Waals surface area contributed by atoms with Crippen molar-refractivity contribution in [3.8, 4) is 17.2 Å². The van der Waals surface area contributed by atoms with Crippen LogP contribution in [0.4, 0.5) is 0 Å². The fraction of sp³-hybridized carbons (Fsp3) is 0.214. The molecule has 0 saturated heterocycles. The third kappa shape index (κ3) is 2.60. The molecular weight excluding hydrogens is 230 g/mol. The van der Waals surface area contributed by atoms with Gasteiger partial charge in [-0.1, -0.05) is 6.07 Å². The Kier molecular flexibility index (Phi) is 3.79. The molecule has 0 unspecified atom stereocenters. The number of aliphatic hydroxyl groups is 1. The van der Waals surface area contributed by atoms with Crippen molar-refractivity contribution in [1.29, 1.82) is 0 Å². The van der Waals surface area contributed by atoms with E-state index in [4.69, 9.17) is 9.47 Å². The minimum Gasteiger partial charge on any atom is -0.496 e. The fourth-order valence-corrected chi connectivity index (χ4v) is 1.74. The molecule has 0 bridgehead atoms. The first-order valence-corrected chi connectivity index (χ1v) is 5.65. The molecule has 1 atom stereocenters. The number of hydrogen-bond acceptors (Lipinski definition) is 4. The average molecular weight is 245 g/mol. The van der Waals surface area contributed by atoms with Crippen molar-refractivity contribution in [2.24, 2.45) is 0 Å². The largest absolute Gasteiger partial charge is 0.496 e.